The molecular weight excluding hydrogens is 300 g/mol. The average Bonchev–Trinajstić information content (AvgIpc) is 2.45. The van der Waals surface area contributed by atoms with Gasteiger partial charge in [-0.25, -0.2) is 0 Å². The van der Waals surface area contributed by atoms with Crippen LogP contribution in [0.5, 0.6) is 0 Å². The maximum absolute atomic E-state index is 6.21. The quantitative estimate of drug-likeness (QED) is 0.770. The van der Waals surface area contributed by atoms with E-state index in [0.29, 0.717) is 6.04 Å². The predicted molar refractivity (Wildman–Crippen MR) is 86.6 cm³/mol. The van der Waals surface area contributed by atoms with E-state index in [1.54, 1.807) is 0 Å². The normalized spacial score (nSPS) is 16.7. The van der Waals surface area contributed by atoms with Crippen molar-refractivity contribution in [2.45, 2.75) is 38.1 Å². The van der Waals surface area contributed by atoms with Gasteiger partial charge in [0, 0.05) is 15.9 Å². The molecule has 0 bridgehead atoms. The summed E-state index contributed by atoms with van der Waals surface area (Å²) in [6.07, 6.45) is 6.53. The first kappa shape index (κ1) is 12.8. The van der Waals surface area contributed by atoms with E-state index in [1.807, 2.05) is 6.07 Å². The zero-order valence-electron chi connectivity index (χ0n) is 11.0. The summed E-state index contributed by atoms with van der Waals surface area (Å²) in [6, 6.07) is 11.0. The van der Waals surface area contributed by atoms with Crippen LogP contribution in [0.25, 0.3) is 10.8 Å². The molecule has 2 aromatic rings. The summed E-state index contributed by atoms with van der Waals surface area (Å²) in [5.74, 6) is 0. The summed E-state index contributed by atoms with van der Waals surface area (Å²) in [4.78, 5) is 0. The van der Waals surface area contributed by atoms with Gasteiger partial charge in [-0.1, -0.05) is 59.5 Å². The number of halogens is 1. The highest BCUT2D eigenvalue weighted by Crippen LogP contribution is 2.36. The average molecular weight is 319 g/mol. The van der Waals surface area contributed by atoms with Gasteiger partial charge in [-0.05, 0) is 24.3 Å². The largest absolute Gasteiger partial charge is 0.397 e. The number of nitrogen functional groups attached to an aromatic ring is 1. The van der Waals surface area contributed by atoms with Gasteiger partial charge in [0.25, 0.3) is 0 Å². The molecule has 0 radical (unpaired) electrons. The fourth-order valence-electron chi connectivity index (χ4n) is 2.96. The van der Waals surface area contributed by atoms with E-state index in [-0.39, 0.29) is 0 Å². The maximum Gasteiger partial charge on any atom is 0.0656 e. The first-order chi connectivity index (χ1) is 9.25. The second-order valence-corrected chi connectivity index (χ2v) is 6.20. The molecule has 0 spiro atoms. The second-order valence-electron chi connectivity index (χ2n) is 5.35. The van der Waals surface area contributed by atoms with Gasteiger partial charge in [-0.15, -0.1) is 0 Å². The number of nitrogens with two attached hydrogens (primary N) is 1. The van der Waals surface area contributed by atoms with Crippen molar-refractivity contribution in [1.29, 1.82) is 0 Å². The Morgan fingerprint density at radius 2 is 1.74 bits per heavy atom. The molecule has 1 aliphatic rings. The van der Waals surface area contributed by atoms with E-state index in [1.165, 1.54) is 42.9 Å². The summed E-state index contributed by atoms with van der Waals surface area (Å²) >= 11 is 3.60. The van der Waals surface area contributed by atoms with Crippen molar-refractivity contribution in [3.63, 3.8) is 0 Å². The number of hydrogen-bond donors (Lipinski definition) is 2. The van der Waals surface area contributed by atoms with E-state index < -0.39 is 0 Å². The van der Waals surface area contributed by atoms with E-state index in [4.69, 9.17) is 5.73 Å². The van der Waals surface area contributed by atoms with Gasteiger partial charge in [0.15, 0.2) is 0 Å². The van der Waals surface area contributed by atoms with Crippen LogP contribution in [0, 0.1) is 0 Å². The van der Waals surface area contributed by atoms with Crippen LogP contribution >= 0.6 is 15.9 Å². The Morgan fingerprint density at radius 1 is 1.05 bits per heavy atom. The maximum atomic E-state index is 6.21. The monoisotopic (exact) mass is 318 g/mol. The molecule has 0 amide bonds. The summed E-state index contributed by atoms with van der Waals surface area (Å²) in [6.45, 7) is 0. The smallest absolute Gasteiger partial charge is 0.0656 e. The van der Waals surface area contributed by atoms with Gasteiger partial charge in [0.1, 0.15) is 0 Å². The SMILES string of the molecule is Nc1cc(Br)c2ccccc2c1NC1CCCCC1. The molecule has 3 rings (SSSR count). The highest BCUT2D eigenvalue weighted by Gasteiger charge is 2.16. The highest BCUT2D eigenvalue weighted by molar-refractivity contribution is 9.10. The predicted octanol–water partition coefficient (Wildman–Crippen LogP) is 4.93. The molecular formula is C16H19BrN2. The number of fused-ring (bicyclic) bond motifs is 1. The minimum atomic E-state index is 0.570. The van der Waals surface area contributed by atoms with Crippen molar-refractivity contribution >= 4 is 38.1 Å². The summed E-state index contributed by atoms with van der Waals surface area (Å²) in [5.41, 5.74) is 8.14. The lowest BCUT2D eigenvalue weighted by molar-refractivity contribution is 0.463. The van der Waals surface area contributed by atoms with E-state index in [2.05, 4.69) is 45.5 Å². The molecule has 0 saturated heterocycles. The Labute approximate surface area is 122 Å². The Kier molecular flexibility index (Phi) is 3.65. The van der Waals surface area contributed by atoms with Crippen molar-refractivity contribution in [2.24, 2.45) is 0 Å². The van der Waals surface area contributed by atoms with Crippen LogP contribution in [0.1, 0.15) is 32.1 Å². The Balaban J connectivity index is 2.01. The molecule has 19 heavy (non-hydrogen) atoms. The zero-order valence-corrected chi connectivity index (χ0v) is 12.5. The molecule has 0 atom stereocenters. The third-order valence-corrected chi connectivity index (χ3v) is 4.63. The summed E-state index contributed by atoms with van der Waals surface area (Å²) in [7, 11) is 0. The van der Waals surface area contributed by atoms with E-state index in [0.717, 1.165) is 15.8 Å². The molecule has 1 saturated carbocycles. The molecule has 0 unspecified atom stereocenters. The lowest BCUT2D eigenvalue weighted by atomic mass is 9.95. The topological polar surface area (TPSA) is 38.0 Å². The van der Waals surface area contributed by atoms with Gasteiger partial charge in [-0.2, -0.15) is 0 Å². The molecule has 0 aromatic heterocycles. The first-order valence-corrected chi connectivity index (χ1v) is 7.78. The Bertz CT molecular complexity index is 589. The zero-order chi connectivity index (χ0) is 13.2. The number of hydrogen-bond acceptors (Lipinski definition) is 2. The van der Waals surface area contributed by atoms with Crippen LogP contribution < -0.4 is 11.1 Å². The van der Waals surface area contributed by atoms with Gasteiger partial charge >= 0.3 is 0 Å². The van der Waals surface area contributed by atoms with Gasteiger partial charge in [-0.3, -0.25) is 0 Å². The summed E-state index contributed by atoms with van der Waals surface area (Å²) in [5, 5.41) is 6.10. The fraction of sp³-hybridized carbons (Fsp3) is 0.375. The third-order valence-electron chi connectivity index (χ3n) is 3.98. The highest BCUT2D eigenvalue weighted by atomic mass is 79.9. The van der Waals surface area contributed by atoms with Crippen LogP contribution in [0.4, 0.5) is 11.4 Å². The number of benzene rings is 2. The molecule has 3 heteroatoms. The molecule has 2 nitrogen and oxygen atoms in total. The Hall–Kier alpha value is -1.22. The third kappa shape index (κ3) is 2.57. The van der Waals surface area contributed by atoms with Crippen LogP contribution in [-0.4, -0.2) is 6.04 Å². The summed E-state index contributed by atoms with van der Waals surface area (Å²) < 4.78 is 1.06. The van der Waals surface area contributed by atoms with Gasteiger partial charge in [0.2, 0.25) is 0 Å². The molecule has 1 aliphatic carbocycles. The van der Waals surface area contributed by atoms with Crippen LogP contribution in [0.2, 0.25) is 0 Å². The number of nitrogens with one attached hydrogen (secondary N) is 1. The number of anilines is 2. The fourth-order valence-corrected chi connectivity index (χ4v) is 3.56. The van der Waals surface area contributed by atoms with Gasteiger partial charge in [0.05, 0.1) is 11.4 Å². The van der Waals surface area contributed by atoms with E-state index >= 15 is 0 Å². The minimum Gasteiger partial charge on any atom is -0.397 e. The molecule has 0 heterocycles. The molecule has 2 aromatic carbocycles. The van der Waals surface area contributed by atoms with Crippen molar-refractivity contribution in [3.8, 4) is 0 Å². The molecule has 0 aliphatic heterocycles. The van der Waals surface area contributed by atoms with Crippen molar-refractivity contribution in [2.75, 3.05) is 11.1 Å². The van der Waals surface area contributed by atoms with E-state index in [9.17, 15) is 0 Å². The molecule has 100 valence electrons. The van der Waals surface area contributed by atoms with Crippen molar-refractivity contribution in [1.82, 2.24) is 0 Å². The van der Waals surface area contributed by atoms with Crippen molar-refractivity contribution < 1.29 is 0 Å². The minimum absolute atomic E-state index is 0.570. The van der Waals surface area contributed by atoms with Crippen LogP contribution in [0.3, 0.4) is 0 Å². The standard InChI is InChI=1S/C16H19BrN2/c17-14-10-15(18)16(13-9-5-4-8-12(13)14)19-11-6-2-1-3-7-11/h4-5,8-11,19H,1-3,6-7,18H2. The second kappa shape index (κ2) is 5.41. The van der Waals surface area contributed by atoms with Crippen LogP contribution in [0.15, 0.2) is 34.8 Å². The lowest BCUT2D eigenvalue weighted by Gasteiger charge is -2.25. The van der Waals surface area contributed by atoms with Crippen LogP contribution in [-0.2, 0) is 0 Å². The lowest BCUT2D eigenvalue weighted by Crippen LogP contribution is -2.23. The van der Waals surface area contributed by atoms with Crippen molar-refractivity contribution in [3.05, 3.63) is 34.8 Å². The van der Waals surface area contributed by atoms with Gasteiger partial charge < -0.3 is 11.1 Å². The number of rotatable bonds is 2. The first-order valence-electron chi connectivity index (χ1n) is 6.99. The Morgan fingerprint density at radius 3 is 2.47 bits per heavy atom. The molecule has 1 fully saturated rings. The molecule has 3 N–H and O–H groups in total.